The Morgan fingerprint density at radius 2 is 1.96 bits per heavy atom. The smallest absolute Gasteiger partial charge is 0.372 e. The summed E-state index contributed by atoms with van der Waals surface area (Å²) in [6.07, 6.45) is 1.51. The summed E-state index contributed by atoms with van der Waals surface area (Å²) in [4.78, 5) is 19.9. The van der Waals surface area contributed by atoms with Crippen LogP contribution in [0.3, 0.4) is 0 Å². The van der Waals surface area contributed by atoms with E-state index in [4.69, 9.17) is 0 Å². The molecule has 0 saturated carbocycles. The third-order valence-corrected chi connectivity index (χ3v) is 3.89. The highest BCUT2D eigenvalue weighted by atomic mass is 19.4. The van der Waals surface area contributed by atoms with Crippen LogP contribution in [0.4, 0.5) is 18.0 Å². The van der Waals surface area contributed by atoms with E-state index in [1.54, 1.807) is 17.4 Å². The first kappa shape index (κ1) is 19.5. The zero-order valence-electron chi connectivity index (χ0n) is 14.0. The molecule has 10 heteroatoms. The molecule has 0 unspecified atom stereocenters. The highest BCUT2D eigenvalue weighted by Gasteiger charge is 2.27. The molecule has 0 radical (unpaired) electrons. The van der Waals surface area contributed by atoms with Crippen LogP contribution >= 0.6 is 0 Å². The largest absolute Gasteiger partial charge is 0.411 e. The topological polar surface area (TPSA) is 62.6 Å². The molecule has 0 aromatic carbocycles. The van der Waals surface area contributed by atoms with Gasteiger partial charge in [0.05, 0.1) is 6.33 Å². The van der Waals surface area contributed by atoms with E-state index in [-0.39, 0.29) is 12.6 Å². The van der Waals surface area contributed by atoms with E-state index in [2.05, 4.69) is 19.9 Å². The van der Waals surface area contributed by atoms with Crippen LogP contribution in [0.2, 0.25) is 0 Å². The van der Waals surface area contributed by atoms with Gasteiger partial charge in [-0.05, 0) is 6.42 Å². The van der Waals surface area contributed by atoms with E-state index in [1.165, 1.54) is 0 Å². The van der Waals surface area contributed by atoms with Crippen LogP contribution in [-0.2, 0) is 11.3 Å². The Morgan fingerprint density at radius 1 is 1.20 bits per heavy atom. The average Bonchev–Trinajstić information content (AvgIpc) is 3.07. The molecule has 1 saturated heterocycles. The maximum Gasteiger partial charge on any atom is 0.411 e. The van der Waals surface area contributed by atoms with Crippen LogP contribution in [0.1, 0.15) is 6.42 Å². The lowest BCUT2D eigenvalue weighted by molar-refractivity contribution is -0.174. The number of amides is 2. The Bertz CT molecular complexity index is 502. The summed E-state index contributed by atoms with van der Waals surface area (Å²) in [5.74, 6) is 0. The van der Waals surface area contributed by atoms with Gasteiger partial charge in [0, 0.05) is 64.8 Å². The maximum atomic E-state index is 12.1. The number of carbonyl (C=O) groups is 1. The zero-order chi connectivity index (χ0) is 18.1. The third kappa shape index (κ3) is 7.74. The first-order valence-corrected chi connectivity index (χ1v) is 8.29. The second-order valence-electron chi connectivity index (χ2n) is 5.88. The lowest BCUT2D eigenvalue weighted by atomic mass is 10.3. The molecule has 0 bridgehead atoms. The van der Waals surface area contributed by atoms with Crippen LogP contribution in [0.5, 0.6) is 0 Å². The molecule has 2 rings (SSSR count). The molecule has 1 aromatic heterocycles. The average molecular weight is 363 g/mol. The van der Waals surface area contributed by atoms with E-state index in [9.17, 15) is 18.0 Å². The van der Waals surface area contributed by atoms with Crippen molar-refractivity contribution in [1.82, 2.24) is 24.7 Å². The number of aromatic nitrogens is 2. The van der Waals surface area contributed by atoms with Gasteiger partial charge < -0.3 is 19.5 Å². The summed E-state index contributed by atoms with van der Waals surface area (Å²) in [6.45, 7) is 3.43. The molecule has 2 amide bonds. The number of nitrogens with one attached hydrogen (secondary N) is 1. The lowest BCUT2D eigenvalue weighted by Gasteiger charge is -2.34. The molecule has 0 atom stereocenters. The Morgan fingerprint density at radius 3 is 2.60 bits per heavy atom. The number of hydrogen-bond donors (Lipinski definition) is 1. The minimum Gasteiger partial charge on any atom is -0.372 e. The van der Waals surface area contributed by atoms with E-state index in [1.807, 2.05) is 10.8 Å². The molecule has 1 fully saturated rings. The van der Waals surface area contributed by atoms with E-state index < -0.39 is 12.8 Å². The number of halogens is 3. The van der Waals surface area contributed by atoms with Gasteiger partial charge in [0.1, 0.15) is 6.61 Å². The molecule has 1 N–H and O–H groups in total. The summed E-state index contributed by atoms with van der Waals surface area (Å²) in [5.41, 5.74) is 0. The van der Waals surface area contributed by atoms with E-state index in [0.717, 1.165) is 0 Å². The summed E-state index contributed by atoms with van der Waals surface area (Å²) in [7, 11) is 0. The molecule has 1 aromatic rings. The van der Waals surface area contributed by atoms with Crippen molar-refractivity contribution >= 4 is 6.03 Å². The van der Waals surface area contributed by atoms with Crippen molar-refractivity contribution in [3.63, 3.8) is 0 Å². The van der Waals surface area contributed by atoms with Gasteiger partial charge in [0.2, 0.25) is 0 Å². The Kier molecular flexibility index (Phi) is 7.51. The van der Waals surface area contributed by atoms with Crippen molar-refractivity contribution in [2.24, 2.45) is 0 Å². The van der Waals surface area contributed by atoms with Gasteiger partial charge in [0.15, 0.2) is 0 Å². The SMILES string of the molecule is O=C(NCCn1ccnc1)N1CCN(CCCOCC(F)(F)F)CC1. The van der Waals surface area contributed by atoms with Crippen LogP contribution in [0.25, 0.3) is 0 Å². The molecule has 142 valence electrons. The lowest BCUT2D eigenvalue weighted by Crippen LogP contribution is -2.52. The number of nitrogens with zero attached hydrogens (tertiary/aromatic N) is 4. The zero-order valence-corrected chi connectivity index (χ0v) is 14.0. The van der Waals surface area contributed by atoms with Gasteiger partial charge in [-0.1, -0.05) is 0 Å². The monoisotopic (exact) mass is 363 g/mol. The second kappa shape index (κ2) is 9.62. The van der Waals surface area contributed by atoms with Gasteiger partial charge in [-0.15, -0.1) is 0 Å². The first-order valence-electron chi connectivity index (χ1n) is 8.29. The molecule has 0 aliphatic carbocycles. The minimum absolute atomic E-state index is 0.0896. The summed E-state index contributed by atoms with van der Waals surface area (Å²) in [5, 5.41) is 2.87. The second-order valence-corrected chi connectivity index (χ2v) is 5.88. The van der Waals surface area contributed by atoms with Gasteiger partial charge in [0.25, 0.3) is 0 Å². The predicted octanol–water partition coefficient (Wildman–Crippen LogP) is 1.18. The fourth-order valence-corrected chi connectivity index (χ4v) is 2.58. The summed E-state index contributed by atoms with van der Waals surface area (Å²) in [6, 6.07) is -0.0896. The first-order chi connectivity index (χ1) is 11.9. The quantitative estimate of drug-likeness (QED) is 0.705. The number of alkyl halides is 3. The number of imidazole rings is 1. The highest BCUT2D eigenvalue weighted by Crippen LogP contribution is 2.14. The number of ether oxygens (including phenoxy) is 1. The maximum absolute atomic E-state index is 12.1. The normalized spacial score (nSPS) is 16.2. The molecule has 1 aliphatic rings. The molecule has 1 aliphatic heterocycles. The number of rotatable bonds is 8. The van der Waals surface area contributed by atoms with Crippen molar-refractivity contribution < 1.29 is 22.7 Å². The fraction of sp³-hybridized carbons (Fsp3) is 0.733. The van der Waals surface area contributed by atoms with E-state index in [0.29, 0.717) is 52.2 Å². The minimum atomic E-state index is -4.27. The standard InChI is InChI=1S/C15H24F3N5O2/c16-15(17,18)12-25-11-1-4-21-7-9-23(10-8-21)14(24)20-3-6-22-5-2-19-13-22/h2,5,13H,1,3-4,6-12H2,(H,20,24). The van der Waals surface area contributed by atoms with Crippen LogP contribution < -0.4 is 5.32 Å². The summed E-state index contributed by atoms with van der Waals surface area (Å²) >= 11 is 0. The number of carbonyl (C=O) groups excluding carboxylic acids is 1. The third-order valence-electron chi connectivity index (χ3n) is 3.89. The van der Waals surface area contributed by atoms with Crippen LogP contribution in [-0.4, -0.2) is 84.0 Å². The molecule has 7 nitrogen and oxygen atoms in total. The number of piperazine rings is 1. The van der Waals surface area contributed by atoms with Crippen LogP contribution in [0, 0.1) is 0 Å². The van der Waals surface area contributed by atoms with Crippen LogP contribution in [0.15, 0.2) is 18.7 Å². The van der Waals surface area contributed by atoms with Gasteiger partial charge in [-0.25, -0.2) is 9.78 Å². The highest BCUT2D eigenvalue weighted by molar-refractivity contribution is 5.74. The van der Waals surface area contributed by atoms with Crippen molar-refractivity contribution in [3.8, 4) is 0 Å². The number of urea groups is 1. The predicted molar refractivity (Wildman–Crippen MR) is 85.1 cm³/mol. The molecule has 0 spiro atoms. The van der Waals surface area contributed by atoms with Crippen molar-refractivity contribution in [1.29, 1.82) is 0 Å². The Balaban J connectivity index is 1.52. The summed E-state index contributed by atoms with van der Waals surface area (Å²) < 4.78 is 42.3. The van der Waals surface area contributed by atoms with Crippen molar-refractivity contribution in [2.45, 2.75) is 19.1 Å². The van der Waals surface area contributed by atoms with Gasteiger partial charge in [-0.2, -0.15) is 13.2 Å². The van der Waals surface area contributed by atoms with Gasteiger partial charge in [-0.3, -0.25) is 4.90 Å². The molecular formula is C15H24F3N5O2. The van der Waals surface area contributed by atoms with Gasteiger partial charge >= 0.3 is 12.2 Å². The van der Waals surface area contributed by atoms with E-state index >= 15 is 0 Å². The Hall–Kier alpha value is -1.81. The molecule has 25 heavy (non-hydrogen) atoms. The van der Waals surface area contributed by atoms with Crippen molar-refractivity contribution in [2.75, 3.05) is 52.5 Å². The number of hydrogen-bond acceptors (Lipinski definition) is 4. The molecule has 2 heterocycles. The molecular weight excluding hydrogens is 339 g/mol. The van der Waals surface area contributed by atoms with Crippen molar-refractivity contribution in [3.05, 3.63) is 18.7 Å². The fourth-order valence-electron chi connectivity index (χ4n) is 2.58. The Labute approximate surface area is 144 Å².